The first-order valence-corrected chi connectivity index (χ1v) is 8.11. The van der Waals surface area contributed by atoms with Gasteiger partial charge >= 0.3 is 5.97 Å². The fraction of sp³-hybridized carbons (Fsp3) is 0.438. The van der Waals surface area contributed by atoms with Crippen LogP contribution in [-0.4, -0.2) is 26.0 Å². The summed E-state index contributed by atoms with van der Waals surface area (Å²) in [6.07, 6.45) is -0.765. The van der Waals surface area contributed by atoms with Gasteiger partial charge in [-0.15, -0.1) is 0 Å². The Labute approximate surface area is 134 Å². The first-order valence-electron chi connectivity index (χ1n) is 7.00. The zero-order valence-electron chi connectivity index (χ0n) is 13.3. The van der Waals surface area contributed by atoms with Gasteiger partial charge in [0.05, 0.1) is 22.4 Å². The van der Waals surface area contributed by atoms with Crippen molar-refractivity contribution >= 4 is 22.9 Å². The number of nitrogens with zero attached hydrogens (tertiary/aromatic N) is 1. The summed E-state index contributed by atoms with van der Waals surface area (Å²) in [6.45, 7) is 11.1. The largest absolute Gasteiger partial charge is 0.595 e. The van der Waals surface area contributed by atoms with Crippen molar-refractivity contribution in [1.29, 1.82) is 0 Å². The molecule has 2 rings (SSSR count). The van der Waals surface area contributed by atoms with Crippen LogP contribution >= 0.6 is 0 Å². The quantitative estimate of drug-likeness (QED) is 0.632. The highest BCUT2D eigenvalue weighted by molar-refractivity contribution is 7.90. The van der Waals surface area contributed by atoms with Gasteiger partial charge in [0, 0.05) is 12.5 Å². The Morgan fingerprint density at radius 3 is 2.68 bits per heavy atom. The van der Waals surface area contributed by atoms with Crippen LogP contribution in [0.25, 0.3) is 5.57 Å². The second-order valence-corrected chi connectivity index (χ2v) is 8.16. The number of carbonyl (C=O) groups excluding carboxylic acids is 1. The molecule has 0 saturated heterocycles. The van der Waals surface area contributed by atoms with Gasteiger partial charge in [-0.1, -0.05) is 30.8 Å². The molecule has 6 heteroatoms. The fourth-order valence-corrected chi connectivity index (χ4v) is 3.19. The molecule has 1 aromatic carbocycles. The Hall–Kier alpha value is -1.34. The van der Waals surface area contributed by atoms with E-state index >= 15 is 0 Å². The van der Waals surface area contributed by atoms with Crippen molar-refractivity contribution in [3.63, 3.8) is 0 Å². The normalized spacial score (nSPS) is 19.7. The van der Waals surface area contributed by atoms with Crippen LogP contribution in [0.5, 0.6) is 0 Å². The van der Waals surface area contributed by atoms with Crippen molar-refractivity contribution < 1.29 is 18.9 Å². The third-order valence-corrected chi connectivity index (χ3v) is 4.80. The molecule has 2 atom stereocenters. The molecule has 0 saturated carbocycles. The molecule has 1 unspecified atom stereocenters. The minimum absolute atomic E-state index is 0.346. The zero-order valence-corrected chi connectivity index (χ0v) is 14.1. The van der Waals surface area contributed by atoms with Gasteiger partial charge in [-0.25, -0.2) is 0 Å². The highest BCUT2D eigenvalue weighted by atomic mass is 32.2. The number of ether oxygens (including phenoxy) is 1. The second-order valence-electron chi connectivity index (χ2n) is 6.08. The van der Waals surface area contributed by atoms with E-state index in [9.17, 15) is 9.35 Å². The molecule has 0 aliphatic carbocycles. The molecule has 0 fully saturated rings. The summed E-state index contributed by atoms with van der Waals surface area (Å²) in [7, 11) is 0. The van der Waals surface area contributed by atoms with Crippen molar-refractivity contribution in [3.05, 3.63) is 42.0 Å². The van der Waals surface area contributed by atoms with Gasteiger partial charge in [-0.2, -0.15) is 0 Å². The number of benzene rings is 1. The molecule has 1 aliphatic rings. The van der Waals surface area contributed by atoms with Gasteiger partial charge in [0.2, 0.25) is 6.23 Å². The Balaban J connectivity index is 2.33. The van der Waals surface area contributed by atoms with Crippen LogP contribution in [0.15, 0.2) is 30.8 Å². The van der Waals surface area contributed by atoms with Gasteiger partial charge in [-0.05, 0) is 31.9 Å². The number of rotatable bonds is 3. The van der Waals surface area contributed by atoms with Crippen LogP contribution in [0.3, 0.4) is 0 Å². The third kappa shape index (κ3) is 3.52. The maximum Gasteiger partial charge on any atom is 0.327 e. The van der Waals surface area contributed by atoms with E-state index in [1.807, 2.05) is 24.3 Å². The minimum Gasteiger partial charge on any atom is -0.595 e. The predicted molar refractivity (Wildman–Crippen MR) is 85.6 cm³/mol. The van der Waals surface area contributed by atoms with Crippen LogP contribution in [0.4, 0.5) is 0 Å². The average Bonchev–Trinajstić information content (AvgIpc) is 2.44. The van der Waals surface area contributed by atoms with Gasteiger partial charge in [0.25, 0.3) is 0 Å². The van der Waals surface area contributed by atoms with E-state index in [2.05, 4.69) is 6.58 Å². The van der Waals surface area contributed by atoms with Crippen LogP contribution < -0.4 is 0 Å². The summed E-state index contributed by atoms with van der Waals surface area (Å²) in [6, 6.07) is 7.71. The average molecular weight is 323 g/mol. The monoisotopic (exact) mass is 323 g/mol. The first-order chi connectivity index (χ1) is 10.2. The van der Waals surface area contributed by atoms with Crippen LogP contribution in [0.2, 0.25) is 0 Å². The lowest BCUT2D eigenvalue weighted by molar-refractivity contribution is -0.193. The molecule has 1 heterocycles. The SMILES string of the molecule is C=C1c2ccccc2CO[C@H]1N(OC(C)=O)[S+]([O-])C(C)(C)C. The molecule has 0 amide bonds. The van der Waals surface area contributed by atoms with E-state index in [1.54, 1.807) is 20.8 Å². The molecule has 1 aromatic rings. The van der Waals surface area contributed by atoms with Gasteiger partial charge in [-0.3, -0.25) is 4.79 Å². The summed E-state index contributed by atoms with van der Waals surface area (Å²) in [5.41, 5.74) is 2.57. The van der Waals surface area contributed by atoms with E-state index in [0.29, 0.717) is 12.2 Å². The predicted octanol–water partition coefficient (Wildman–Crippen LogP) is 2.80. The molecular weight excluding hydrogens is 302 g/mol. The van der Waals surface area contributed by atoms with Crippen LogP contribution in [0, 0.1) is 0 Å². The fourth-order valence-electron chi connectivity index (χ4n) is 2.12. The molecule has 120 valence electrons. The van der Waals surface area contributed by atoms with E-state index in [4.69, 9.17) is 9.57 Å². The highest BCUT2D eigenvalue weighted by Gasteiger charge is 2.44. The number of carbonyl (C=O) groups is 1. The number of hydrogen-bond donors (Lipinski definition) is 0. The second kappa shape index (κ2) is 6.42. The Kier molecular flexibility index (Phi) is 4.97. The van der Waals surface area contributed by atoms with Crippen LogP contribution in [0.1, 0.15) is 38.8 Å². The molecule has 0 bridgehead atoms. The minimum atomic E-state index is -1.59. The smallest absolute Gasteiger partial charge is 0.327 e. The van der Waals surface area contributed by atoms with Crippen LogP contribution in [-0.2, 0) is 32.3 Å². The van der Waals surface area contributed by atoms with E-state index in [1.165, 1.54) is 6.92 Å². The van der Waals surface area contributed by atoms with E-state index in [0.717, 1.165) is 15.6 Å². The standard InChI is InChI=1S/C16H21NO4S/c1-11-14-9-7-6-8-13(14)10-20-15(11)17(21-12(2)18)22(19)16(3,4)5/h6-9,15H,1,10H2,2-5H3/t15-,22?/m1/s1. The summed E-state index contributed by atoms with van der Waals surface area (Å²) in [5, 5.41) is 0. The summed E-state index contributed by atoms with van der Waals surface area (Å²) < 4.78 is 19.0. The van der Waals surface area contributed by atoms with Crippen molar-refractivity contribution in [2.45, 2.75) is 45.3 Å². The molecule has 0 spiro atoms. The summed E-state index contributed by atoms with van der Waals surface area (Å²) in [5.74, 6) is -0.548. The first kappa shape index (κ1) is 17.0. The maximum atomic E-state index is 12.7. The third-order valence-electron chi connectivity index (χ3n) is 3.16. The lowest BCUT2D eigenvalue weighted by Gasteiger charge is -2.37. The topological polar surface area (TPSA) is 61.8 Å². The number of hydrogen-bond acceptors (Lipinski definition) is 5. The molecule has 0 radical (unpaired) electrons. The lowest BCUT2D eigenvalue weighted by atomic mass is 9.98. The molecule has 1 aliphatic heterocycles. The highest BCUT2D eigenvalue weighted by Crippen LogP contribution is 2.34. The Morgan fingerprint density at radius 1 is 1.45 bits per heavy atom. The molecule has 0 N–H and O–H groups in total. The van der Waals surface area contributed by atoms with E-state index < -0.39 is 28.3 Å². The number of hydroxylamine groups is 1. The zero-order chi connectivity index (χ0) is 16.5. The molecular formula is C16H21NO4S. The summed E-state index contributed by atoms with van der Waals surface area (Å²) >= 11 is -1.59. The van der Waals surface area contributed by atoms with Crippen molar-refractivity contribution in [1.82, 2.24) is 4.47 Å². The van der Waals surface area contributed by atoms with Gasteiger partial charge < -0.3 is 14.1 Å². The van der Waals surface area contributed by atoms with Gasteiger partial charge in [0.15, 0.2) is 0 Å². The van der Waals surface area contributed by atoms with Crippen molar-refractivity contribution in [2.24, 2.45) is 0 Å². The maximum absolute atomic E-state index is 12.7. The van der Waals surface area contributed by atoms with Gasteiger partial charge in [0.1, 0.15) is 4.75 Å². The molecule has 0 aromatic heterocycles. The van der Waals surface area contributed by atoms with Crippen molar-refractivity contribution in [3.8, 4) is 0 Å². The molecule has 5 nitrogen and oxygen atoms in total. The Morgan fingerprint density at radius 2 is 2.09 bits per heavy atom. The molecule has 22 heavy (non-hydrogen) atoms. The Bertz CT molecular complexity index is 582. The lowest BCUT2D eigenvalue weighted by Crippen LogP contribution is -2.50. The van der Waals surface area contributed by atoms with Crippen molar-refractivity contribution in [2.75, 3.05) is 0 Å². The number of fused-ring (bicyclic) bond motifs is 1. The van der Waals surface area contributed by atoms with E-state index in [-0.39, 0.29) is 0 Å². The summed E-state index contributed by atoms with van der Waals surface area (Å²) in [4.78, 5) is 16.6.